The lowest BCUT2D eigenvalue weighted by Gasteiger charge is -2.11. The lowest BCUT2D eigenvalue weighted by Crippen LogP contribution is -2.08. The van der Waals surface area contributed by atoms with Gasteiger partial charge in [-0.3, -0.25) is 14.8 Å². The smallest absolute Gasteiger partial charge is 0.271 e. The van der Waals surface area contributed by atoms with Gasteiger partial charge in [0.15, 0.2) is 0 Å². The number of aryl methyl sites for hydroxylation is 1. The van der Waals surface area contributed by atoms with E-state index in [-0.39, 0.29) is 5.69 Å². The van der Waals surface area contributed by atoms with E-state index in [1.165, 1.54) is 19.2 Å². The van der Waals surface area contributed by atoms with Gasteiger partial charge in [-0.2, -0.15) is 5.10 Å². The molecule has 0 aliphatic heterocycles. The Kier molecular flexibility index (Phi) is 4.19. The summed E-state index contributed by atoms with van der Waals surface area (Å²) >= 11 is 0. The second-order valence-electron chi connectivity index (χ2n) is 4.13. The minimum atomic E-state index is -0.430. The number of non-ortho nitro benzene ring substituents is 1. The average molecular weight is 276 g/mol. The molecule has 1 aromatic carbocycles. The third kappa shape index (κ3) is 2.87. The Morgan fingerprint density at radius 3 is 2.90 bits per heavy atom. The van der Waals surface area contributed by atoms with Crippen molar-refractivity contribution in [3.63, 3.8) is 0 Å². The minimum absolute atomic E-state index is 0.0253. The number of anilines is 1. The monoisotopic (exact) mass is 276 g/mol. The van der Waals surface area contributed by atoms with Crippen LogP contribution < -0.4 is 10.1 Å². The summed E-state index contributed by atoms with van der Waals surface area (Å²) in [6, 6.07) is 6.36. The van der Waals surface area contributed by atoms with Crippen LogP contribution in [0.2, 0.25) is 0 Å². The van der Waals surface area contributed by atoms with Gasteiger partial charge in [-0.05, 0) is 19.1 Å². The van der Waals surface area contributed by atoms with Gasteiger partial charge in [0, 0.05) is 24.9 Å². The third-order valence-electron chi connectivity index (χ3n) is 2.96. The van der Waals surface area contributed by atoms with Gasteiger partial charge in [0.05, 0.1) is 30.0 Å². The summed E-state index contributed by atoms with van der Waals surface area (Å²) in [5, 5.41) is 18.1. The Balaban J connectivity index is 2.19. The van der Waals surface area contributed by atoms with Crippen molar-refractivity contribution in [1.82, 2.24) is 9.78 Å². The molecule has 0 bridgehead atoms. The summed E-state index contributed by atoms with van der Waals surface area (Å²) in [4.78, 5) is 10.4. The van der Waals surface area contributed by atoms with E-state index >= 15 is 0 Å². The van der Waals surface area contributed by atoms with Crippen molar-refractivity contribution in [1.29, 1.82) is 0 Å². The van der Waals surface area contributed by atoms with E-state index in [1.54, 1.807) is 12.3 Å². The Labute approximate surface area is 116 Å². The number of hydrogen-bond donors (Lipinski definition) is 1. The zero-order valence-corrected chi connectivity index (χ0v) is 11.4. The minimum Gasteiger partial charge on any atom is -0.495 e. The largest absolute Gasteiger partial charge is 0.495 e. The molecule has 0 spiro atoms. The Morgan fingerprint density at radius 2 is 2.25 bits per heavy atom. The summed E-state index contributed by atoms with van der Waals surface area (Å²) in [5.41, 5.74) is 1.61. The van der Waals surface area contributed by atoms with Crippen LogP contribution in [0, 0.1) is 10.1 Å². The van der Waals surface area contributed by atoms with Crippen LogP contribution in [0.25, 0.3) is 0 Å². The lowest BCUT2D eigenvalue weighted by atomic mass is 10.2. The second-order valence-corrected chi connectivity index (χ2v) is 4.13. The fraction of sp³-hybridized carbons (Fsp3) is 0.308. The van der Waals surface area contributed by atoms with E-state index in [4.69, 9.17) is 4.74 Å². The van der Waals surface area contributed by atoms with Crippen molar-refractivity contribution < 1.29 is 9.66 Å². The molecule has 0 radical (unpaired) electrons. The first kappa shape index (κ1) is 13.9. The molecule has 0 saturated heterocycles. The van der Waals surface area contributed by atoms with Crippen molar-refractivity contribution in [2.45, 2.75) is 20.0 Å². The molecular weight excluding hydrogens is 260 g/mol. The first-order valence-electron chi connectivity index (χ1n) is 6.22. The van der Waals surface area contributed by atoms with Crippen LogP contribution in [0.15, 0.2) is 30.5 Å². The molecule has 20 heavy (non-hydrogen) atoms. The Bertz CT molecular complexity index is 609. The standard InChI is InChI=1S/C13H16N4O3/c1-3-16-11(6-7-15-16)9-14-12-8-10(17(18)19)4-5-13(12)20-2/h4-8,14H,3,9H2,1-2H3. The highest BCUT2D eigenvalue weighted by Gasteiger charge is 2.11. The molecule has 1 heterocycles. The number of ether oxygens (including phenoxy) is 1. The summed E-state index contributed by atoms with van der Waals surface area (Å²) in [7, 11) is 1.53. The van der Waals surface area contributed by atoms with E-state index in [0.717, 1.165) is 12.2 Å². The summed E-state index contributed by atoms with van der Waals surface area (Å²) < 4.78 is 7.06. The molecule has 0 aliphatic rings. The van der Waals surface area contributed by atoms with Crippen LogP contribution in [0.1, 0.15) is 12.6 Å². The summed E-state index contributed by atoms with van der Waals surface area (Å²) in [6.07, 6.45) is 1.73. The fourth-order valence-corrected chi connectivity index (χ4v) is 1.93. The van der Waals surface area contributed by atoms with Gasteiger partial charge in [0.1, 0.15) is 5.75 Å². The topological polar surface area (TPSA) is 82.2 Å². The number of hydrogen-bond acceptors (Lipinski definition) is 5. The third-order valence-corrected chi connectivity index (χ3v) is 2.96. The SMILES string of the molecule is CCn1nccc1CNc1cc([N+](=O)[O-])ccc1OC. The number of aromatic nitrogens is 2. The number of nitro benzene ring substituents is 1. The van der Waals surface area contributed by atoms with Gasteiger partial charge in [-0.15, -0.1) is 0 Å². The molecule has 0 amide bonds. The maximum absolute atomic E-state index is 10.8. The molecule has 0 saturated carbocycles. The van der Waals surface area contributed by atoms with Crippen molar-refractivity contribution in [2.24, 2.45) is 0 Å². The lowest BCUT2D eigenvalue weighted by molar-refractivity contribution is -0.384. The quantitative estimate of drug-likeness (QED) is 0.647. The molecule has 2 rings (SSSR count). The predicted octanol–water partition coefficient (Wildman–Crippen LogP) is 2.43. The second kappa shape index (κ2) is 6.05. The number of nitro groups is 1. The molecule has 1 aromatic heterocycles. The maximum atomic E-state index is 10.8. The molecule has 7 heteroatoms. The van der Waals surface area contributed by atoms with Crippen molar-refractivity contribution in [3.8, 4) is 5.75 Å². The molecule has 0 atom stereocenters. The van der Waals surface area contributed by atoms with E-state index in [9.17, 15) is 10.1 Å². The average Bonchev–Trinajstić information content (AvgIpc) is 2.92. The molecule has 0 unspecified atom stereocenters. The molecular formula is C13H16N4O3. The molecule has 0 aliphatic carbocycles. The molecule has 1 N–H and O–H groups in total. The van der Waals surface area contributed by atoms with Crippen LogP contribution in [-0.4, -0.2) is 21.8 Å². The van der Waals surface area contributed by atoms with Crippen molar-refractivity contribution in [3.05, 3.63) is 46.3 Å². The first-order valence-corrected chi connectivity index (χ1v) is 6.22. The zero-order valence-electron chi connectivity index (χ0n) is 11.4. The first-order chi connectivity index (χ1) is 9.65. The van der Waals surface area contributed by atoms with Crippen LogP contribution in [0.5, 0.6) is 5.75 Å². The van der Waals surface area contributed by atoms with Gasteiger partial charge < -0.3 is 10.1 Å². The molecule has 7 nitrogen and oxygen atoms in total. The van der Waals surface area contributed by atoms with Crippen molar-refractivity contribution in [2.75, 3.05) is 12.4 Å². The molecule has 2 aromatic rings. The van der Waals surface area contributed by atoms with E-state index < -0.39 is 4.92 Å². The molecule has 0 fully saturated rings. The van der Waals surface area contributed by atoms with Crippen LogP contribution in [0.3, 0.4) is 0 Å². The highest BCUT2D eigenvalue weighted by atomic mass is 16.6. The number of methoxy groups -OCH3 is 1. The van der Waals surface area contributed by atoms with E-state index in [0.29, 0.717) is 18.0 Å². The number of benzene rings is 1. The number of rotatable bonds is 6. The van der Waals surface area contributed by atoms with E-state index in [2.05, 4.69) is 10.4 Å². The maximum Gasteiger partial charge on any atom is 0.271 e. The normalized spacial score (nSPS) is 10.3. The van der Waals surface area contributed by atoms with Gasteiger partial charge in [-0.1, -0.05) is 0 Å². The molecule has 106 valence electrons. The van der Waals surface area contributed by atoms with Gasteiger partial charge in [0.2, 0.25) is 0 Å². The van der Waals surface area contributed by atoms with Crippen LogP contribution >= 0.6 is 0 Å². The zero-order chi connectivity index (χ0) is 14.5. The number of nitrogens with one attached hydrogen (secondary N) is 1. The predicted molar refractivity (Wildman–Crippen MR) is 74.9 cm³/mol. The van der Waals surface area contributed by atoms with Crippen LogP contribution in [-0.2, 0) is 13.1 Å². The Morgan fingerprint density at radius 1 is 1.45 bits per heavy atom. The highest BCUT2D eigenvalue weighted by Crippen LogP contribution is 2.29. The van der Waals surface area contributed by atoms with Gasteiger partial charge in [0.25, 0.3) is 5.69 Å². The number of nitrogens with zero attached hydrogens (tertiary/aromatic N) is 3. The van der Waals surface area contributed by atoms with Crippen molar-refractivity contribution >= 4 is 11.4 Å². The van der Waals surface area contributed by atoms with Crippen LogP contribution in [0.4, 0.5) is 11.4 Å². The van der Waals surface area contributed by atoms with Gasteiger partial charge in [-0.25, -0.2) is 0 Å². The highest BCUT2D eigenvalue weighted by molar-refractivity contribution is 5.61. The van der Waals surface area contributed by atoms with E-state index in [1.807, 2.05) is 17.7 Å². The summed E-state index contributed by atoms with van der Waals surface area (Å²) in [6.45, 7) is 3.30. The van der Waals surface area contributed by atoms with Gasteiger partial charge >= 0.3 is 0 Å². The Hall–Kier alpha value is -2.57. The fourth-order valence-electron chi connectivity index (χ4n) is 1.93. The summed E-state index contributed by atoms with van der Waals surface area (Å²) in [5.74, 6) is 0.568.